The van der Waals surface area contributed by atoms with E-state index in [2.05, 4.69) is 22.4 Å². The van der Waals surface area contributed by atoms with Crippen LogP contribution >= 0.6 is 11.3 Å². The number of likely N-dealkylation sites (N-methyl/N-ethyl adjacent to an activating group) is 1. The Morgan fingerprint density at radius 1 is 1.27 bits per heavy atom. The molecule has 0 spiro atoms. The summed E-state index contributed by atoms with van der Waals surface area (Å²) in [7, 11) is 1.84. The van der Waals surface area contributed by atoms with E-state index >= 15 is 0 Å². The van der Waals surface area contributed by atoms with E-state index in [9.17, 15) is 4.79 Å². The molecule has 5 nitrogen and oxygen atoms in total. The van der Waals surface area contributed by atoms with Gasteiger partial charge in [-0.1, -0.05) is 36.4 Å². The van der Waals surface area contributed by atoms with Gasteiger partial charge in [0.15, 0.2) is 0 Å². The minimum atomic E-state index is -1.04. The summed E-state index contributed by atoms with van der Waals surface area (Å²) in [6.45, 7) is 5.62. The van der Waals surface area contributed by atoms with Crippen LogP contribution in [-0.4, -0.2) is 55.6 Å². The second-order valence-corrected chi connectivity index (χ2v) is 7.91. The van der Waals surface area contributed by atoms with Crippen molar-refractivity contribution in [3.8, 4) is 0 Å². The molecule has 1 aromatic carbocycles. The normalized spacial score (nSPS) is 18.9. The van der Waals surface area contributed by atoms with Crippen molar-refractivity contribution in [3.63, 3.8) is 0 Å². The zero-order valence-electron chi connectivity index (χ0n) is 15.4. The average molecular weight is 374 g/mol. The number of carbonyl (C=O) groups is 1. The fourth-order valence-electron chi connectivity index (χ4n) is 3.40. The van der Waals surface area contributed by atoms with Gasteiger partial charge in [0.05, 0.1) is 19.3 Å². The molecule has 140 valence electrons. The highest BCUT2D eigenvalue weighted by Crippen LogP contribution is 2.28. The van der Waals surface area contributed by atoms with Crippen molar-refractivity contribution in [2.45, 2.75) is 18.5 Å². The molecule has 2 unspecified atom stereocenters. The summed E-state index contributed by atoms with van der Waals surface area (Å²) >= 11 is 1.73. The summed E-state index contributed by atoms with van der Waals surface area (Å²) in [6, 6.07) is 13.9. The summed E-state index contributed by atoms with van der Waals surface area (Å²) < 4.78 is 5.49. The summed E-state index contributed by atoms with van der Waals surface area (Å²) in [4.78, 5) is 18.6. The summed E-state index contributed by atoms with van der Waals surface area (Å²) in [5.41, 5.74) is 6.22. The van der Waals surface area contributed by atoms with E-state index in [4.69, 9.17) is 10.5 Å². The molecule has 1 aliphatic heterocycles. The molecule has 2 N–H and O–H groups in total. The van der Waals surface area contributed by atoms with Crippen molar-refractivity contribution in [2.24, 2.45) is 5.73 Å². The highest BCUT2D eigenvalue weighted by molar-refractivity contribution is 7.10. The lowest BCUT2D eigenvalue weighted by molar-refractivity contribution is -0.136. The molecule has 1 fully saturated rings. The number of thiophene rings is 1. The monoisotopic (exact) mass is 373 g/mol. The Kier molecular flexibility index (Phi) is 6.09. The van der Waals surface area contributed by atoms with Gasteiger partial charge < -0.3 is 15.4 Å². The van der Waals surface area contributed by atoms with Gasteiger partial charge in [0.25, 0.3) is 0 Å². The Morgan fingerprint density at radius 2 is 1.96 bits per heavy atom. The number of nitrogens with two attached hydrogens (primary N) is 1. The zero-order chi connectivity index (χ0) is 18.6. The molecular formula is C20H27N3O2S. The van der Waals surface area contributed by atoms with E-state index in [0.717, 1.165) is 31.9 Å². The van der Waals surface area contributed by atoms with Crippen molar-refractivity contribution >= 4 is 17.2 Å². The number of ether oxygens (including phenoxy) is 1. The molecule has 0 bridgehead atoms. The first-order valence-corrected chi connectivity index (χ1v) is 9.83. The van der Waals surface area contributed by atoms with E-state index in [1.54, 1.807) is 23.2 Å². The number of amides is 1. The Hall–Kier alpha value is -1.73. The second-order valence-electron chi connectivity index (χ2n) is 6.93. The maximum absolute atomic E-state index is 13.1. The molecule has 2 heterocycles. The van der Waals surface area contributed by atoms with Crippen LogP contribution in [0.2, 0.25) is 0 Å². The number of morpholine rings is 1. The smallest absolute Gasteiger partial charge is 0.246 e. The predicted molar refractivity (Wildman–Crippen MR) is 105 cm³/mol. The molecule has 2 aromatic rings. The maximum Gasteiger partial charge on any atom is 0.246 e. The third kappa shape index (κ3) is 4.15. The van der Waals surface area contributed by atoms with Gasteiger partial charge in [-0.25, -0.2) is 0 Å². The topological polar surface area (TPSA) is 58.8 Å². The van der Waals surface area contributed by atoms with Crippen LogP contribution in [0.1, 0.15) is 23.4 Å². The Bertz CT molecular complexity index is 697. The van der Waals surface area contributed by atoms with Gasteiger partial charge >= 0.3 is 0 Å². The van der Waals surface area contributed by atoms with Crippen LogP contribution in [0.3, 0.4) is 0 Å². The van der Waals surface area contributed by atoms with E-state index < -0.39 is 5.54 Å². The fraction of sp³-hybridized carbons (Fsp3) is 0.450. The summed E-state index contributed by atoms with van der Waals surface area (Å²) in [6.07, 6.45) is 0. The summed E-state index contributed by atoms with van der Waals surface area (Å²) in [5, 5.41) is 2.08. The molecule has 1 aromatic heterocycles. The molecular weight excluding hydrogens is 346 g/mol. The van der Waals surface area contributed by atoms with Crippen LogP contribution in [0.5, 0.6) is 0 Å². The van der Waals surface area contributed by atoms with Gasteiger partial charge in [-0.2, -0.15) is 0 Å². The Morgan fingerprint density at radius 3 is 2.58 bits per heavy atom. The lowest BCUT2D eigenvalue weighted by atomic mass is 9.91. The van der Waals surface area contributed by atoms with E-state index in [0.29, 0.717) is 6.54 Å². The van der Waals surface area contributed by atoms with E-state index in [1.807, 2.05) is 37.4 Å². The third-order valence-corrected chi connectivity index (χ3v) is 5.94. The number of hydrogen-bond acceptors (Lipinski definition) is 5. The predicted octanol–water partition coefficient (Wildman–Crippen LogP) is 2.45. The van der Waals surface area contributed by atoms with Gasteiger partial charge in [-0.15, -0.1) is 11.3 Å². The summed E-state index contributed by atoms with van der Waals surface area (Å²) in [5.74, 6) is -0.0708. The number of rotatable bonds is 6. The zero-order valence-corrected chi connectivity index (χ0v) is 16.2. The highest BCUT2D eigenvalue weighted by Gasteiger charge is 2.35. The van der Waals surface area contributed by atoms with Gasteiger partial charge in [0.1, 0.15) is 5.54 Å². The number of hydrogen-bond donors (Lipinski definition) is 1. The van der Waals surface area contributed by atoms with Crippen LogP contribution in [0, 0.1) is 0 Å². The van der Waals surface area contributed by atoms with Crippen LogP contribution < -0.4 is 5.73 Å². The minimum Gasteiger partial charge on any atom is -0.379 e. The molecule has 1 saturated heterocycles. The first-order chi connectivity index (χ1) is 12.5. The van der Waals surface area contributed by atoms with Crippen molar-refractivity contribution in [1.29, 1.82) is 0 Å². The van der Waals surface area contributed by atoms with E-state index in [1.165, 1.54) is 4.88 Å². The highest BCUT2D eigenvalue weighted by atomic mass is 32.1. The van der Waals surface area contributed by atoms with Gasteiger partial charge in [-0.3, -0.25) is 9.69 Å². The van der Waals surface area contributed by atoms with Crippen molar-refractivity contribution in [2.75, 3.05) is 39.9 Å². The standard InChI is InChI=1S/C20H27N3O2S/c1-20(21,16-7-4-3-5-8-16)19(24)22(2)15-17(18-9-6-14-26-18)23-10-12-25-13-11-23/h3-9,14,17H,10-13,15,21H2,1-2H3. The number of benzene rings is 1. The maximum atomic E-state index is 13.1. The largest absolute Gasteiger partial charge is 0.379 e. The molecule has 0 saturated carbocycles. The molecule has 0 radical (unpaired) electrons. The Labute approximate surface area is 159 Å². The van der Waals surface area contributed by atoms with Crippen LogP contribution in [0.15, 0.2) is 47.8 Å². The number of nitrogens with zero attached hydrogens (tertiary/aromatic N) is 2. The van der Waals surface area contributed by atoms with Crippen molar-refractivity contribution in [1.82, 2.24) is 9.80 Å². The fourth-order valence-corrected chi connectivity index (χ4v) is 4.25. The van der Waals surface area contributed by atoms with Gasteiger partial charge in [0.2, 0.25) is 5.91 Å². The van der Waals surface area contributed by atoms with Gasteiger partial charge in [0, 0.05) is 31.6 Å². The molecule has 3 rings (SSSR count). The lowest BCUT2D eigenvalue weighted by Gasteiger charge is -2.38. The quantitative estimate of drug-likeness (QED) is 0.845. The van der Waals surface area contributed by atoms with Gasteiger partial charge in [-0.05, 0) is 23.9 Å². The number of carbonyl (C=O) groups excluding carboxylic acids is 1. The van der Waals surface area contributed by atoms with Crippen LogP contribution in [-0.2, 0) is 15.1 Å². The minimum absolute atomic E-state index is 0.0708. The molecule has 1 aliphatic rings. The SMILES string of the molecule is CN(CC(c1cccs1)N1CCOCC1)C(=O)C(C)(N)c1ccccc1. The van der Waals surface area contributed by atoms with Crippen LogP contribution in [0.25, 0.3) is 0 Å². The lowest BCUT2D eigenvalue weighted by Crippen LogP contribution is -2.52. The van der Waals surface area contributed by atoms with E-state index in [-0.39, 0.29) is 11.9 Å². The third-order valence-electron chi connectivity index (χ3n) is 4.97. The molecule has 0 aliphatic carbocycles. The van der Waals surface area contributed by atoms with Crippen molar-refractivity contribution < 1.29 is 9.53 Å². The molecule has 6 heteroatoms. The molecule has 1 amide bonds. The first kappa shape index (κ1) is 19.0. The first-order valence-electron chi connectivity index (χ1n) is 8.95. The Balaban J connectivity index is 1.76. The van der Waals surface area contributed by atoms with Crippen LogP contribution in [0.4, 0.5) is 0 Å². The average Bonchev–Trinajstić information content (AvgIpc) is 3.21. The second kappa shape index (κ2) is 8.31. The molecule has 26 heavy (non-hydrogen) atoms. The van der Waals surface area contributed by atoms with Crippen molar-refractivity contribution in [3.05, 3.63) is 58.3 Å². The molecule has 2 atom stereocenters.